The molecule has 0 saturated heterocycles. The third kappa shape index (κ3) is 8.86. The first-order valence-electron chi connectivity index (χ1n) is 7.34. The van der Waals surface area contributed by atoms with E-state index in [4.69, 9.17) is 0 Å². The molecule has 1 amide bonds. The van der Waals surface area contributed by atoms with E-state index >= 15 is 0 Å². The first kappa shape index (κ1) is 20.1. The SMILES string of the molecule is Cc1cc[n+](CCC(=O)NC(C)(C)CC(C)(C)C)cc1.[Br-]. The summed E-state index contributed by atoms with van der Waals surface area (Å²) in [5.74, 6) is 0.118. The largest absolute Gasteiger partial charge is 1.00 e. The van der Waals surface area contributed by atoms with Crippen LogP contribution >= 0.6 is 0 Å². The highest BCUT2D eigenvalue weighted by molar-refractivity contribution is 5.76. The lowest BCUT2D eigenvalue weighted by molar-refractivity contribution is -0.695. The number of amides is 1. The Kier molecular flexibility index (Phi) is 7.58. The molecule has 0 atom stereocenters. The third-order valence-corrected chi connectivity index (χ3v) is 3.10. The van der Waals surface area contributed by atoms with Gasteiger partial charge in [-0.25, -0.2) is 4.57 Å². The molecule has 0 fully saturated rings. The van der Waals surface area contributed by atoms with Crippen LogP contribution in [0.1, 0.15) is 53.0 Å². The van der Waals surface area contributed by atoms with Gasteiger partial charge >= 0.3 is 0 Å². The Bertz CT molecular complexity index is 447. The predicted octanol–water partition coefficient (Wildman–Crippen LogP) is 0.00762. The van der Waals surface area contributed by atoms with Gasteiger partial charge in [0.2, 0.25) is 5.91 Å². The van der Waals surface area contributed by atoms with Crippen molar-refractivity contribution in [2.24, 2.45) is 5.41 Å². The quantitative estimate of drug-likeness (QED) is 0.740. The van der Waals surface area contributed by atoms with Crippen LogP contribution in [0.2, 0.25) is 0 Å². The Hall–Kier alpha value is -0.900. The molecule has 1 N–H and O–H groups in total. The standard InChI is InChI=1S/C17H28N2O.BrH/c1-14-7-10-19(11-8-14)12-9-15(20)18-17(5,6)13-16(2,3)4;/h7-8,10-11H,9,12-13H2,1-6H3;1H. The number of nitrogens with one attached hydrogen (secondary N) is 1. The lowest BCUT2D eigenvalue weighted by Crippen LogP contribution is -3.00. The zero-order valence-corrected chi connectivity index (χ0v) is 15.8. The molecular formula is C17H29BrN2O. The predicted molar refractivity (Wildman–Crippen MR) is 82.3 cm³/mol. The molecule has 0 saturated carbocycles. The fourth-order valence-electron chi connectivity index (χ4n) is 2.72. The molecule has 0 spiro atoms. The van der Waals surface area contributed by atoms with Crippen LogP contribution in [-0.2, 0) is 11.3 Å². The highest BCUT2D eigenvalue weighted by Crippen LogP contribution is 2.26. The second-order valence-electron chi connectivity index (χ2n) is 7.53. The van der Waals surface area contributed by atoms with E-state index in [-0.39, 0.29) is 33.8 Å². The summed E-state index contributed by atoms with van der Waals surface area (Å²) in [7, 11) is 0. The van der Waals surface area contributed by atoms with Crippen LogP contribution in [-0.4, -0.2) is 11.4 Å². The van der Waals surface area contributed by atoms with Gasteiger partial charge in [0, 0.05) is 17.7 Å². The first-order chi connectivity index (χ1) is 9.07. The summed E-state index contributed by atoms with van der Waals surface area (Å²) in [6, 6.07) is 4.11. The van der Waals surface area contributed by atoms with Crippen molar-refractivity contribution in [2.45, 2.75) is 66.5 Å². The second kappa shape index (κ2) is 7.92. The summed E-state index contributed by atoms with van der Waals surface area (Å²) in [6.07, 6.45) is 5.51. The Morgan fingerprint density at radius 1 is 1.14 bits per heavy atom. The van der Waals surface area contributed by atoms with Crippen molar-refractivity contribution in [3.63, 3.8) is 0 Å². The van der Waals surface area contributed by atoms with Crippen molar-refractivity contribution < 1.29 is 26.3 Å². The van der Waals surface area contributed by atoms with Gasteiger partial charge in [0.05, 0.1) is 6.42 Å². The van der Waals surface area contributed by atoms with Crippen molar-refractivity contribution in [1.29, 1.82) is 0 Å². The molecule has 21 heavy (non-hydrogen) atoms. The lowest BCUT2D eigenvalue weighted by atomic mass is 9.82. The number of nitrogens with zero attached hydrogens (tertiary/aromatic N) is 1. The monoisotopic (exact) mass is 356 g/mol. The number of carbonyl (C=O) groups excluding carboxylic acids is 1. The van der Waals surface area contributed by atoms with Gasteiger partial charge in [0.15, 0.2) is 18.9 Å². The highest BCUT2D eigenvalue weighted by atomic mass is 79.9. The van der Waals surface area contributed by atoms with E-state index in [1.165, 1.54) is 5.56 Å². The average Bonchev–Trinajstić information content (AvgIpc) is 2.24. The zero-order valence-electron chi connectivity index (χ0n) is 14.2. The molecule has 0 aliphatic rings. The van der Waals surface area contributed by atoms with E-state index in [2.05, 4.69) is 59.0 Å². The molecule has 0 radical (unpaired) electrons. The van der Waals surface area contributed by atoms with Gasteiger partial charge in [-0.3, -0.25) is 4.79 Å². The second-order valence-corrected chi connectivity index (χ2v) is 7.53. The topological polar surface area (TPSA) is 33.0 Å². The molecule has 1 aromatic heterocycles. The van der Waals surface area contributed by atoms with Gasteiger partial charge in [-0.15, -0.1) is 0 Å². The van der Waals surface area contributed by atoms with E-state index in [9.17, 15) is 4.79 Å². The molecule has 0 aromatic carbocycles. The number of aromatic nitrogens is 1. The van der Waals surface area contributed by atoms with E-state index in [0.29, 0.717) is 6.42 Å². The number of aryl methyl sites for hydroxylation is 2. The molecule has 3 nitrogen and oxygen atoms in total. The number of rotatable bonds is 5. The van der Waals surface area contributed by atoms with Crippen LogP contribution in [0, 0.1) is 12.3 Å². The van der Waals surface area contributed by atoms with Gasteiger partial charge in [-0.05, 0) is 38.2 Å². The van der Waals surface area contributed by atoms with Crippen LogP contribution in [0.4, 0.5) is 0 Å². The molecule has 0 aliphatic heterocycles. The summed E-state index contributed by atoms with van der Waals surface area (Å²) in [5, 5.41) is 3.14. The Balaban J connectivity index is 0.00000400. The molecule has 1 aromatic rings. The molecule has 1 rings (SSSR count). The normalized spacial score (nSPS) is 11.7. The van der Waals surface area contributed by atoms with Crippen molar-refractivity contribution in [2.75, 3.05) is 0 Å². The molecule has 0 unspecified atom stereocenters. The van der Waals surface area contributed by atoms with Gasteiger partial charge in [-0.2, -0.15) is 0 Å². The summed E-state index contributed by atoms with van der Waals surface area (Å²) in [6.45, 7) is 13.6. The van der Waals surface area contributed by atoms with E-state index in [1.54, 1.807) is 0 Å². The van der Waals surface area contributed by atoms with Crippen molar-refractivity contribution in [1.82, 2.24) is 5.32 Å². The van der Waals surface area contributed by atoms with Gasteiger partial charge in [-0.1, -0.05) is 20.8 Å². The van der Waals surface area contributed by atoms with Crippen LogP contribution in [0.5, 0.6) is 0 Å². The van der Waals surface area contributed by atoms with Crippen molar-refractivity contribution in [3.05, 3.63) is 30.1 Å². The number of halogens is 1. The van der Waals surface area contributed by atoms with Gasteiger partial charge < -0.3 is 22.3 Å². The van der Waals surface area contributed by atoms with Crippen molar-refractivity contribution in [3.8, 4) is 0 Å². The lowest BCUT2D eigenvalue weighted by Gasteiger charge is -2.33. The molecule has 4 heteroatoms. The fourth-order valence-corrected chi connectivity index (χ4v) is 2.72. The smallest absolute Gasteiger partial charge is 0.226 e. The summed E-state index contributed by atoms with van der Waals surface area (Å²) in [5.41, 5.74) is 1.28. The highest BCUT2D eigenvalue weighted by Gasteiger charge is 2.27. The third-order valence-electron chi connectivity index (χ3n) is 3.10. The minimum Gasteiger partial charge on any atom is -1.00 e. The van der Waals surface area contributed by atoms with Gasteiger partial charge in [0.25, 0.3) is 0 Å². The van der Waals surface area contributed by atoms with Crippen LogP contribution in [0.25, 0.3) is 0 Å². The minimum absolute atomic E-state index is 0. The molecule has 0 bridgehead atoms. The fraction of sp³-hybridized carbons (Fsp3) is 0.647. The van der Waals surface area contributed by atoms with Gasteiger partial charge in [0.1, 0.15) is 0 Å². The molecule has 0 aliphatic carbocycles. The van der Waals surface area contributed by atoms with Crippen LogP contribution < -0.4 is 26.9 Å². The summed E-state index contributed by atoms with van der Waals surface area (Å²) in [4.78, 5) is 12.1. The number of pyridine rings is 1. The van der Waals surface area contributed by atoms with Crippen LogP contribution in [0.3, 0.4) is 0 Å². The Labute approximate surface area is 139 Å². The van der Waals surface area contributed by atoms with E-state index < -0.39 is 0 Å². The zero-order chi connectivity index (χ0) is 15.4. The summed E-state index contributed by atoms with van der Waals surface area (Å²) >= 11 is 0. The maximum Gasteiger partial charge on any atom is 0.226 e. The average molecular weight is 357 g/mol. The number of carbonyl (C=O) groups is 1. The molecular weight excluding hydrogens is 328 g/mol. The molecule has 1 heterocycles. The minimum atomic E-state index is -0.159. The number of hydrogen-bond donors (Lipinski definition) is 1. The Morgan fingerprint density at radius 2 is 1.67 bits per heavy atom. The maximum absolute atomic E-state index is 12.1. The van der Waals surface area contributed by atoms with E-state index in [0.717, 1.165) is 13.0 Å². The molecule has 120 valence electrons. The summed E-state index contributed by atoms with van der Waals surface area (Å²) < 4.78 is 2.04. The Morgan fingerprint density at radius 3 is 2.14 bits per heavy atom. The number of hydrogen-bond acceptors (Lipinski definition) is 1. The van der Waals surface area contributed by atoms with Crippen molar-refractivity contribution >= 4 is 5.91 Å². The maximum atomic E-state index is 12.1. The first-order valence-corrected chi connectivity index (χ1v) is 7.34. The van der Waals surface area contributed by atoms with Crippen LogP contribution in [0.15, 0.2) is 24.5 Å². The van der Waals surface area contributed by atoms with E-state index in [1.807, 2.05) is 17.0 Å².